The van der Waals surface area contributed by atoms with Crippen molar-refractivity contribution in [1.29, 1.82) is 0 Å². The van der Waals surface area contributed by atoms with Gasteiger partial charge < -0.3 is 23.7 Å². The highest BCUT2D eigenvalue weighted by molar-refractivity contribution is 5.68. The molecule has 0 aliphatic carbocycles. The molecule has 29 heavy (non-hydrogen) atoms. The molecule has 0 unspecified atom stereocenters. The zero-order valence-electron chi connectivity index (χ0n) is 16.9. The van der Waals surface area contributed by atoms with Crippen LogP contribution < -0.4 is 0 Å². The van der Waals surface area contributed by atoms with Crippen LogP contribution in [0.2, 0.25) is 0 Å². The lowest BCUT2D eigenvalue weighted by atomic mass is 10.1. The van der Waals surface area contributed by atoms with E-state index < -0.39 is 42.2 Å². The Bertz CT molecular complexity index is 686. The summed E-state index contributed by atoms with van der Waals surface area (Å²) in [6.07, 6.45) is -3.53. The Morgan fingerprint density at radius 3 is 1.72 bits per heavy atom. The van der Waals surface area contributed by atoms with Crippen molar-refractivity contribution in [3.63, 3.8) is 0 Å². The van der Waals surface area contributed by atoms with Gasteiger partial charge in [-0.3, -0.25) is 19.2 Å². The van der Waals surface area contributed by atoms with Gasteiger partial charge in [0.2, 0.25) is 0 Å². The highest BCUT2D eigenvalue weighted by Crippen LogP contribution is 2.16. The molecule has 9 heteroatoms. The number of hydrogen-bond acceptors (Lipinski definition) is 9. The fraction of sp³-hybridized carbons (Fsp3) is 0.500. The number of esters is 4. The topological polar surface area (TPSA) is 114 Å². The summed E-state index contributed by atoms with van der Waals surface area (Å²) in [4.78, 5) is 45.9. The fourth-order valence-electron chi connectivity index (χ4n) is 2.47. The molecule has 0 saturated heterocycles. The van der Waals surface area contributed by atoms with Gasteiger partial charge in [-0.2, -0.15) is 0 Å². The first kappa shape index (κ1) is 24.1. The van der Waals surface area contributed by atoms with Gasteiger partial charge in [-0.25, -0.2) is 0 Å². The highest BCUT2D eigenvalue weighted by Gasteiger charge is 2.38. The van der Waals surface area contributed by atoms with Crippen molar-refractivity contribution in [3.8, 4) is 0 Å². The van der Waals surface area contributed by atoms with Crippen LogP contribution in [0.4, 0.5) is 0 Å². The zero-order valence-corrected chi connectivity index (χ0v) is 16.9. The lowest BCUT2D eigenvalue weighted by Crippen LogP contribution is -2.49. The summed E-state index contributed by atoms with van der Waals surface area (Å²) >= 11 is 0. The Labute approximate surface area is 169 Å². The maximum Gasteiger partial charge on any atom is 0.303 e. The maximum absolute atomic E-state index is 11.6. The van der Waals surface area contributed by atoms with Crippen LogP contribution in [0.25, 0.3) is 0 Å². The first-order valence-corrected chi connectivity index (χ1v) is 8.95. The Hall–Kier alpha value is -2.94. The molecule has 0 amide bonds. The van der Waals surface area contributed by atoms with E-state index in [1.807, 2.05) is 30.3 Å². The minimum Gasteiger partial charge on any atom is -0.462 e. The third kappa shape index (κ3) is 10.2. The number of benzene rings is 1. The van der Waals surface area contributed by atoms with Crippen LogP contribution in [0.5, 0.6) is 0 Å². The molecule has 0 heterocycles. The molecule has 0 saturated carbocycles. The maximum atomic E-state index is 11.6. The van der Waals surface area contributed by atoms with E-state index in [1.54, 1.807) is 0 Å². The van der Waals surface area contributed by atoms with Gasteiger partial charge in [0.15, 0.2) is 18.3 Å². The van der Waals surface area contributed by atoms with E-state index in [2.05, 4.69) is 0 Å². The second-order valence-corrected chi connectivity index (χ2v) is 6.17. The Kier molecular flexibility index (Phi) is 10.4. The van der Waals surface area contributed by atoms with Crippen molar-refractivity contribution in [2.45, 2.75) is 52.6 Å². The second-order valence-electron chi connectivity index (χ2n) is 6.17. The van der Waals surface area contributed by atoms with Gasteiger partial charge >= 0.3 is 23.9 Å². The van der Waals surface area contributed by atoms with Crippen molar-refractivity contribution < 1.29 is 42.9 Å². The van der Waals surface area contributed by atoms with Gasteiger partial charge in [-0.05, 0) is 5.56 Å². The molecule has 0 spiro atoms. The van der Waals surface area contributed by atoms with E-state index >= 15 is 0 Å². The summed E-state index contributed by atoms with van der Waals surface area (Å²) in [6.45, 7) is 4.35. The van der Waals surface area contributed by atoms with Crippen LogP contribution in [-0.4, -0.2) is 55.4 Å². The van der Waals surface area contributed by atoms with E-state index in [-0.39, 0.29) is 19.8 Å². The summed E-state index contributed by atoms with van der Waals surface area (Å²) in [5, 5.41) is 0. The predicted molar refractivity (Wildman–Crippen MR) is 99.4 cm³/mol. The van der Waals surface area contributed by atoms with Gasteiger partial charge in [0.1, 0.15) is 6.61 Å². The summed E-state index contributed by atoms with van der Waals surface area (Å²) in [6, 6.07) is 9.26. The lowest BCUT2D eigenvalue weighted by molar-refractivity contribution is -0.193. The molecule has 160 valence electrons. The largest absolute Gasteiger partial charge is 0.462 e. The standard InChI is InChI=1S/C20H26O9/c1-13(21)26-12-19(28-15(3)23)20(29-16(4)24)18(27-14(2)22)11-25-10-17-8-6-5-7-9-17/h5-9,18-20H,10-12H2,1-4H3/t18-,19-,20+/m1/s1. The minimum absolute atomic E-state index is 0.149. The molecule has 0 N–H and O–H groups in total. The van der Waals surface area contributed by atoms with Crippen LogP contribution >= 0.6 is 0 Å². The van der Waals surface area contributed by atoms with Gasteiger partial charge in [-0.15, -0.1) is 0 Å². The smallest absolute Gasteiger partial charge is 0.303 e. The van der Waals surface area contributed by atoms with E-state index in [4.69, 9.17) is 23.7 Å². The van der Waals surface area contributed by atoms with E-state index in [0.29, 0.717) is 0 Å². The van der Waals surface area contributed by atoms with Crippen molar-refractivity contribution >= 4 is 23.9 Å². The monoisotopic (exact) mass is 410 g/mol. The summed E-state index contributed by atoms with van der Waals surface area (Å²) in [5.74, 6) is -2.65. The Morgan fingerprint density at radius 2 is 1.24 bits per heavy atom. The van der Waals surface area contributed by atoms with E-state index in [0.717, 1.165) is 19.4 Å². The first-order valence-electron chi connectivity index (χ1n) is 8.95. The van der Waals surface area contributed by atoms with E-state index in [9.17, 15) is 19.2 Å². The second kappa shape index (κ2) is 12.5. The quantitative estimate of drug-likeness (QED) is 0.396. The van der Waals surface area contributed by atoms with Crippen LogP contribution in [0, 0.1) is 0 Å². The van der Waals surface area contributed by atoms with Crippen molar-refractivity contribution in [1.82, 2.24) is 0 Å². The summed E-state index contributed by atoms with van der Waals surface area (Å²) in [7, 11) is 0. The average molecular weight is 410 g/mol. The fourth-order valence-corrected chi connectivity index (χ4v) is 2.47. The lowest BCUT2D eigenvalue weighted by Gasteiger charge is -2.31. The first-order chi connectivity index (χ1) is 13.7. The molecule has 0 aliphatic rings. The normalized spacial score (nSPS) is 13.5. The Morgan fingerprint density at radius 1 is 0.724 bits per heavy atom. The van der Waals surface area contributed by atoms with Gasteiger partial charge in [0, 0.05) is 27.7 Å². The molecule has 1 rings (SSSR count). The molecule has 0 aliphatic heterocycles. The average Bonchev–Trinajstić information content (AvgIpc) is 2.62. The predicted octanol–water partition coefficient (Wildman–Crippen LogP) is 1.56. The molecule has 0 aromatic heterocycles. The third-order valence-corrected chi connectivity index (χ3v) is 3.51. The Balaban J connectivity index is 3.00. The van der Waals surface area contributed by atoms with Crippen LogP contribution in [0.15, 0.2) is 30.3 Å². The zero-order chi connectivity index (χ0) is 21.8. The molecular weight excluding hydrogens is 384 g/mol. The molecule has 1 aromatic rings. The van der Waals surface area contributed by atoms with Crippen molar-refractivity contribution in [2.75, 3.05) is 13.2 Å². The van der Waals surface area contributed by atoms with Crippen molar-refractivity contribution in [2.24, 2.45) is 0 Å². The molecule has 0 radical (unpaired) electrons. The molecular formula is C20H26O9. The number of ether oxygens (including phenoxy) is 5. The number of rotatable bonds is 11. The highest BCUT2D eigenvalue weighted by atomic mass is 16.6. The van der Waals surface area contributed by atoms with Gasteiger partial charge in [0.25, 0.3) is 0 Å². The van der Waals surface area contributed by atoms with Gasteiger partial charge in [0.05, 0.1) is 13.2 Å². The summed E-state index contributed by atoms with van der Waals surface area (Å²) < 4.78 is 26.2. The van der Waals surface area contributed by atoms with Crippen LogP contribution in [0.3, 0.4) is 0 Å². The number of carbonyl (C=O) groups is 4. The number of hydrogen-bond donors (Lipinski definition) is 0. The van der Waals surface area contributed by atoms with Gasteiger partial charge in [-0.1, -0.05) is 30.3 Å². The molecule has 0 bridgehead atoms. The minimum atomic E-state index is -1.24. The van der Waals surface area contributed by atoms with Crippen molar-refractivity contribution in [3.05, 3.63) is 35.9 Å². The third-order valence-electron chi connectivity index (χ3n) is 3.51. The molecule has 3 atom stereocenters. The molecule has 0 fully saturated rings. The molecule has 9 nitrogen and oxygen atoms in total. The number of carbonyl (C=O) groups excluding carboxylic acids is 4. The summed E-state index contributed by atoms with van der Waals surface area (Å²) in [5.41, 5.74) is 0.884. The SMILES string of the molecule is CC(=O)OC[C@@H](OC(C)=O)[C@@H](OC(C)=O)[C@@H](COCc1ccccc1)OC(C)=O. The molecule has 1 aromatic carbocycles. The van der Waals surface area contributed by atoms with Crippen LogP contribution in [-0.2, 0) is 49.5 Å². The van der Waals surface area contributed by atoms with Crippen LogP contribution in [0.1, 0.15) is 33.3 Å². The van der Waals surface area contributed by atoms with E-state index in [1.165, 1.54) is 13.8 Å².